The van der Waals surface area contributed by atoms with Crippen molar-refractivity contribution in [2.24, 2.45) is 5.73 Å². The maximum Gasteiger partial charge on any atom is 0.129 e. The summed E-state index contributed by atoms with van der Waals surface area (Å²) in [5.41, 5.74) is 6.50. The minimum absolute atomic E-state index is 0.163. The Kier molecular flexibility index (Phi) is 3.69. The highest BCUT2D eigenvalue weighted by atomic mass is 79.9. The van der Waals surface area contributed by atoms with Crippen LogP contribution in [-0.4, -0.2) is 11.8 Å². The van der Waals surface area contributed by atoms with Gasteiger partial charge in [-0.15, -0.1) is 0 Å². The number of phenols is 1. The second kappa shape index (κ2) is 4.58. The van der Waals surface area contributed by atoms with Gasteiger partial charge in [0, 0.05) is 6.04 Å². The van der Waals surface area contributed by atoms with Gasteiger partial charge in [-0.3, -0.25) is 4.39 Å². The summed E-state index contributed by atoms with van der Waals surface area (Å²) in [6.07, 6.45) is 0.303. The van der Waals surface area contributed by atoms with Crippen molar-refractivity contribution >= 4 is 15.9 Å². The third-order valence-corrected chi connectivity index (χ3v) is 2.46. The van der Waals surface area contributed by atoms with Crippen LogP contribution in [0.15, 0.2) is 22.7 Å². The lowest BCUT2D eigenvalue weighted by molar-refractivity contribution is 0.441. The predicted molar refractivity (Wildman–Crippen MR) is 53.3 cm³/mol. The van der Waals surface area contributed by atoms with Gasteiger partial charge in [0.2, 0.25) is 0 Å². The van der Waals surface area contributed by atoms with Crippen molar-refractivity contribution in [1.82, 2.24) is 0 Å². The molecule has 0 heterocycles. The summed E-state index contributed by atoms with van der Waals surface area (Å²) in [7, 11) is 0. The number of aromatic hydroxyl groups is 1. The van der Waals surface area contributed by atoms with Crippen molar-refractivity contribution in [3.8, 4) is 5.75 Å². The lowest BCUT2D eigenvalue weighted by atomic mass is 10.1. The van der Waals surface area contributed by atoms with Crippen LogP contribution in [0.3, 0.4) is 0 Å². The maximum atomic E-state index is 12.0. The molecule has 1 aromatic rings. The fourth-order valence-electron chi connectivity index (χ4n) is 1.04. The summed E-state index contributed by atoms with van der Waals surface area (Å²) < 4.78 is 12.6. The van der Waals surface area contributed by atoms with Crippen LogP contribution in [0.1, 0.15) is 18.0 Å². The second-order valence-electron chi connectivity index (χ2n) is 2.79. The number of alkyl halides is 1. The van der Waals surface area contributed by atoms with Crippen LogP contribution in [0.5, 0.6) is 5.75 Å². The summed E-state index contributed by atoms with van der Waals surface area (Å²) in [6, 6.07) is 4.63. The molecule has 0 saturated heterocycles. The highest BCUT2D eigenvalue weighted by molar-refractivity contribution is 9.10. The Morgan fingerprint density at radius 1 is 1.54 bits per heavy atom. The van der Waals surface area contributed by atoms with Gasteiger partial charge in [-0.25, -0.2) is 0 Å². The van der Waals surface area contributed by atoms with Crippen LogP contribution in [-0.2, 0) is 0 Å². The Balaban J connectivity index is 2.84. The molecule has 0 aliphatic rings. The van der Waals surface area contributed by atoms with E-state index in [0.717, 1.165) is 5.56 Å². The van der Waals surface area contributed by atoms with Crippen LogP contribution in [0, 0.1) is 0 Å². The molecule has 72 valence electrons. The van der Waals surface area contributed by atoms with Crippen LogP contribution in [0.4, 0.5) is 4.39 Å². The lowest BCUT2D eigenvalue weighted by Gasteiger charge is -2.10. The number of halogens is 2. The number of nitrogens with two attached hydrogens (primary N) is 1. The predicted octanol–water partition coefficient (Wildman–Crippen LogP) is 2.51. The molecule has 0 bridgehead atoms. The topological polar surface area (TPSA) is 46.2 Å². The summed E-state index contributed by atoms with van der Waals surface area (Å²) >= 11 is 3.17. The van der Waals surface area contributed by atoms with E-state index in [1.54, 1.807) is 12.1 Å². The number of phenolic OH excluding ortho intramolecular Hbond substituents is 1. The first-order valence-electron chi connectivity index (χ1n) is 3.95. The highest BCUT2D eigenvalue weighted by Gasteiger charge is 2.07. The maximum absolute atomic E-state index is 12.0. The van der Waals surface area contributed by atoms with E-state index < -0.39 is 6.67 Å². The quantitative estimate of drug-likeness (QED) is 0.863. The molecule has 0 unspecified atom stereocenters. The summed E-state index contributed by atoms with van der Waals surface area (Å²) in [6.45, 7) is -0.431. The smallest absolute Gasteiger partial charge is 0.129 e. The number of hydrogen-bond donors (Lipinski definition) is 2. The zero-order valence-electron chi connectivity index (χ0n) is 7.00. The van der Waals surface area contributed by atoms with Crippen LogP contribution in [0.2, 0.25) is 0 Å². The SMILES string of the molecule is N[C@H](CCF)c1ccc(O)c(Br)c1. The van der Waals surface area contributed by atoms with E-state index in [0.29, 0.717) is 10.9 Å². The van der Waals surface area contributed by atoms with Gasteiger partial charge in [0.05, 0.1) is 11.1 Å². The largest absolute Gasteiger partial charge is 0.507 e. The Bertz CT molecular complexity index is 293. The minimum Gasteiger partial charge on any atom is -0.507 e. The van der Waals surface area contributed by atoms with Gasteiger partial charge in [-0.1, -0.05) is 6.07 Å². The molecule has 13 heavy (non-hydrogen) atoms. The van der Waals surface area contributed by atoms with Crippen molar-refractivity contribution in [2.75, 3.05) is 6.67 Å². The van der Waals surface area contributed by atoms with Crippen LogP contribution < -0.4 is 5.73 Å². The minimum atomic E-state index is -0.431. The van der Waals surface area contributed by atoms with Gasteiger partial charge in [-0.05, 0) is 40.0 Å². The molecule has 0 aliphatic heterocycles. The molecule has 0 radical (unpaired) electrons. The van der Waals surface area contributed by atoms with Crippen molar-refractivity contribution in [2.45, 2.75) is 12.5 Å². The molecule has 0 spiro atoms. The molecule has 1 aromatic carbocycles. The van der Waals surface area contributed by atoms with E-state index in [2.05, 4.69) is 15.9 Å². The number of benzene rings is 1. The molecule has 3 N–H and O–H groups in total. The zero-order valence-corrected chi connectivity index (χ0v) is 8.59. The molecule has 0 amide bonds. The summed E-state index contributed by atoms with van der Waals surface area (Å²) in [5, 5.41) is 9.19. The average molecular weight is 248 g/mol. The Hall–Kier alpha value is -0.610. The van der Waals surface area contributed by atoms with Crippen molar-refractivity contribution in [3.63, 3.8) is 0 Å². The van der Waals surface area contributed by atoms with E-state index in [9.17, 15) is 9.50 Å². The van der Waals surface area contributed by atoms with E-state index >= 15 is 0 Å². The third-order valence-electron chi connectivity index (χ3n) is 1.82. The van der Waals surface area contributed by atoms with Gasteiger partial charge in [-0.2, -0.15) is 0 Å². The molecular formula is C9H11BrFNO. The van der Waals surface area contributed by atoms with Gasteiger partial charge in [0.1, 0.15) is 5.75 Å². The molecule has 1 rings (SSSR count). The molecule has 0 aromatic heterocycles. The lowest BCUT2D eigenvalue weighted by Crippen LogP contribution is -2.10. The Labute approximate surface area is 84.7 Å². The van der Waals surface area contributed by atoms with Crippen LogP contribution >= 0.6 is 15.9 Å². The fraction of sp³-hybridized carbons (Fsp3) is 0.333. The molecule has 1 atom stereocenters. The van der Waals surface area contributed by atoms with Gasteiger partial charge < -0.3 is 10.8 Å². The molecule has 2 nitrogen and oxygen atoms in total. The fourth-order valence-corrected chi connectivity index (χ4v) is 1.43. The van der Waals surface area contributed by atoms with Gasteiger partial charge in [0.15, 0.2) is 0 Å². The monoisotopic (exact) mass is 247 g/mol. The van der Waals surface area contributed by atoms with E-state index in [1.165, 1.54) is 6.07 Å². The molecule has 0 fully saturated rings. The molecular weight excluding hydrogens is 237 g/mol. The molecule has 0 aliphatic carbocycles. The third kappa shape index (κ3) is 2.67. The van der Waals surface area contributed by atoms with E-state index in [-0.39, 0.29) is 11.8 Å². The van der Waals surface area contributed by atoms with Crippen molar-refractivity contribution < 1.29 is 9.50 Å². The highest BCUT2D eigenvalue weighted by Crippen LogP contribution is 2.27. The number of hydrogen-bond acceptors (Lipinski definition) is 2. The normalized spacial score (nSPS) is 12.8. The van der Waals surface area contributed by atoms with Crippen LogP contribution in [0.25, 0.3) is 0 Å². The van der Waals surface area contributed by atoms with Crippen molar-refractivity contribution in [3.05, 3.63) is 28.2 Å². The molecule has 4 heteroatoms. The standard InChI is InChI=1S/C9H11BrFNO/c10-7-5-6(1-2-9(7)13)8(12)3-4-11/h1-2,5,8,13H,3-4,12H2/t8-/m1/s1. The first-order chi connectivity index (χ1) is 6.15. The summed E-state index contributed by atoms with van der Waals surface area (Å²) in [4.78, 5) is 0. The van der Waals surface area contributed by atoms with Crippen molar-refractivity contribution in [1.29, 1.82) is 0 Å². The van der Waals surface area contributed by atoms with E-state index in [1.807, 2.05) is 0 Å². The molecule has 0 saturated carbocycles. The van der Waals surface area contributed by atoms with E-state index in [4.69, 9.17) is 5.73 Å². The van der Waals surface area contributed by atoms with Gasteiger partial charge in [0.25, 0.3) is 0 Å². The first-order valence-corrected chi connectivity index (χ1v) is 4.74. The Morgan fingerprint density at radius 2 is 2.23 bits per heavy atom. The second-order valence-corrected chi connectivity index (χ2v) is 3.65. The Morgan fingerprint density at radius 3 is 2.77 bits per heavy atom. The van der Waals surface area contributed by atoms with Gasteiger partial charge >= 0.3 is 0 Å². The number of rotatable bonds is 3. The average Bonchev–Trinajstić information content (AvgIpc) is 2.10. The first kappa shape index (κ1) is 10.5. The zero-order chi connectivity index (χ0) is 9.84. The summed E-state index contributed by atoms with van der Waals surface area (Å²) in [5.74, 6) is 0.163.